The highest BCUT2D eigenvalue weighted by Crippen LogP contribution is 2.17. The molecule has 0 fully saturated rings. The molecule has 1 aromatic carbocycles. The quantitative estimate of drug-likeness (QED) is 0.881. The molecular weight excluding hydrogens is 280 g/mol. The first kappa shape index (κ1) is 15.7. The molecule has 114 valence electrons. The Kier molecular flexibility index (Phi) is 4.88. The number of carbonyl (C=O) groups is 2. The maximum atomic E-state index is 12.3. The van der Waals surface area contributed by atoms with Gasteiger partial charge in [-0.2, -0.15) is 0 Å². The van der Waals surface area contributed by atoms with Gasteiger partial charge in [0.05, 0.1) is 6.61 Å². The molecule has 0 saturated carbocycles. The van der Waals surface area contributed by atoms with Crippen LogP contribution >= 0.6 is 0 Å². The van der Waals surface area contributed by atoms with Gasteiger partial charge in [-0.1, -0.05) is 23.8 Å². The SMILES string of the molecule is CCOC(=O)c1cccc(C(=O)Nc2ccc(C)cc2C)n1. The summed E-state index contributed by atoms with van der Waals surface area (Å²) >= 11 is 0. The van der Waals surface area contributed by atoms with Gasteiger partial charge in [-0.05, 0) is 44.5 Å². The van der Waals surface area contributed by atoms with Crippen molar-refractivity contribution < 1.29 is 14.3 Å². The highest BCUT2D eigenvalue weighted by Gasteiger charge is 2.13. The molecule has 1 N–H and O–H groups in total. The third-order valence-electron chi connectivity index (χ3n) is 3.10. The molecule has 5 nitrogen and oxygen atoms in total. The van der Waals surface area contributed by atoms with Crippen molar-refractivity contribution in [2.45, 2.75) is 20.8 Å². The van der Waals surface area contributed by atoms with Crippen LogP contribution in [0.2, 0.25) is 0 Å². The second kappa shape index (κ2) is 6.85. The van der Waals surface area contributed by atoms with Gasteiger partial charge in [0, 0.05) is 5.69 Å². The van der Waals surface area contributed by atoms with Gasteiger partial charge in [0.15, 0.2) is 0 Å². The third-order valence-corrected chi connectivity index (χ3v) is 3.10. The Balaban J connectivity index is 2.19. The maximum absolute atomic E-state index is 12.3. The Bertz CT molecular complexity index is 711. The predicted molar refractivity (Wildman–Crippen MR) is 84.1 cm³/mol. The van der Waals surface area contributed by atoms with Crippen molar-refractivity contribution in [3.63, 3.8) is 0 Å². The first-order valence-electron chi connectivity index (χ1n) is 7.04. The van der Waals surface area contributed by atoms with E-state index in [1.165, 1.54) is 6.07 Å². The molecule has 2 rings (SSSR count). The monoisotopic (exact) mass is 298 g/mol. The molecule has 1 amide bonds. The lowest BCUT2D eigenvalue weighted by atomic mass is 10.1. The highest BCUT2D eigenvalue weighted by molar-refractivity contribution is 6.03. The normalized spacial score (nSPS) is 10.1. The van der Waals surface area contributed by atoms with E-state index in [1.807, 2.05) is 32.0 Å². The number of nitrogens with one attached hydrogen (secondary N) is 1. The van der Waals surface area contributed by atoms with Crippen molar-refractivity contribution in [1.82, 2.24) is 4.98 Å². The van der Waals surface area contributed by atoms with E-state index < -0.39 is 5.97 Å². The van der Waals surface area contributed by atoms with Gasteiger partial charge in [-0.15, -0.1) is 0 Å². The summed E-state index contributed by atoms with van der Waals surface area (Å²) in [6.07, 6.45) is 0. The number of carbonyl (C=O) groups excluding carboxylic acids is 2. The van der Waals surface area contributed by atoms with E-state index in [9.17, 15) is 9.59 Å². The van der Waals surface area contributed by atoms with Crippen molar-refractivity contribution in [2.24, 2.45) is 0 Å². The van der Waals surface area contributed by atoms with E-state index in [0.29, 0.717) is 0 Å². The third kappa shape index (κ3) is 3.69. The molecule has 0 saturated heterocycles. The number of hydrogen-bond acceptors (Lipinski definition) is 4. The number of aromatic nitrogens is 1. The molecule has 0 radical (unpaired) electrons. The number of ether oxygens (including phenoxy) is 1. The number of benzene rings is 1. The molecule has 22 heavy (non-hydrogen) atoms. The van der Waals surface area contributed by atoms with Gasteiger partial charge in [-0.25, -0.2) is 9.78 Å². The Hall–Kier alpha value is -2.69. The number of esters is 1. The number of aryl methyl sites for hydroxylation is 2. The average Bonchev–Trinajstić information content (AvgIpc) is 2.50. The number of hydrogen-bond donors (Lipinski definition) is 1. The number of nitrogens with zero attached hydrogens (tertiary/aromatic N) is 1. The Labute approximate surface area is 129 Å². The van der Waals surface area contributed by atoms with Crippen LogP contribution in [0.25, 0.3) is 0 Å². The van der Waals surface area contributed by atoms with Crippen molar-refractivity contribution in [2.75, 3.05) is 11.9 Å². The summed E-state index contributed by atoms with van der Waals surface area (Å²) in [6, 6.07) is 10.4. The van der Waals surface area contributed by atoms with Crippen LogP contribution in [0.4, 0.5) is 5.69 Å². The van der Waals surface area contributed by atoms with Crippen LogP contribution < -0.4 is 5.32 Å². The van der Waals surface area contributed by atoms with Crippen LogP contribution in [0.15, 0.2) is 36.4 Å². The smallest absolute Gasteiger partial charge is 0.356 e. The van der Waals surface area contributed by atoms with Gasteiger partial charge in [0.2, 0.25) is 0 Å². The van der Waals surface area contributed by atoms with E-state index >= 15 is 0 Å². The summed E-state index contributed by atoms with van der Waals surface area (Å²) in [6.45, 7) is 5.89. The first-order chi connectivity index (χ1) is 10.5. The standard InChI is InChI=1S/C17H18N2O3/c1-4-22-17(21)15-7-5-6-14(18-15)16(20)19-13-9-8-11(2)10-12(13)3/h5-10H,4H2,1-3H3,(H,19,20). The van der Waals surface area contributed by atoms with E-state index in [-0.39, 0.29) is 23.9 Å². The van der Waals surface area contributed by atoms with Gasteiger partial charge < -0.3 is 10.1 Å². The summed E-state index contributed by atoms with van der Waals surface area (Å²) in [4.78, 5) is 28.0. The summed E-state index contributed by atoms with van der Waals surface area (Å²) in [5, 5.41) is 2.80. The minimum Gasteiger partial charge on any atom is -0.461 e. The topological polar surface area (TPSA) is 68.3 Å². The van der Waals surface area contributed by atoms with Gasteiger partial charge in [-0.3, -0.25) is 4.79 Å². The molecule has 5 heteroatoms. The summed E-state index contributed by atoms with van der Waals surface area (Å²) < 4.78 is 4.88. The largest absolute Gasteiger partial charge is 0.461 e. The molecule has 1 heterocycles. The van der Waals surface area contributed by atoms with Crippen molar-refractivity contribution in [3.05, 3.63) is 58.9 Å². The van der Waals surface area contributed by atoms with E-state index in [4.69, 9.17) is 4.74 Å². The van der Waals surface area contributed by atoms with Crippen LogP contribution in [0.5, 0.6) is 0 Å². The zero-order valence-electron chi connectivity index (χ0n) is 12.8. The lowest BCUT2D eigenvalue weighted by Gasteiger charge is -2.09. The Morgan fingerprint density at radius 1 is 1.14 bits per heavy atom. The van der Waals surface area contributed by atoms with E-state index in [0.717, 1.165) is 16.8 Å². The Morgan fingerprint density at radius 2 is 1.86 bits per heavy atom. The molecule has 0 spiro atoms. The molecule has 2 aromatic rings. The van der Waals surface area contributed by atoms with Crippen LogP contribution in [0.1, 0.15) is 39.0 Å². The van der Waals surface area contributed by atoms with E-state index in [1.54, 1.807) is 19.1 Å². The fourth-order valence-electron chi connectivity index (χ4n) is 2.02. The van der Waals surface area contributed by atoms with Gasteiger partial charge in [0.1, 0.15) is 11.4 Å². The molecule has 0 aliphatic rings. The minimum absolute atomic E-state index is 0.120. The van der Waals surface area contributed by atoms with Crippen LogP contribution in [-0.4, -0.2) is 23.5 Å². The summed E-state index contributed by atoms with van der Waals surface area (Å²) in [5.41, 5.74) is 3.10. The summed E-state index contributed by atoms with van der Waals surface area (Å²) in [5.74, 6) is -0.901. The van der Waals surface area contributed by atoms with Crippen LogP contribution in [-0.2, 0) is 4.74 Å². The molecule has 0 unspecified atom stereocenters. The number of anilines is 1. The predicted octanol–water partition coefficient (Wildman–Crippen LogP) is 3.13. The molecular formula is C17H18N2O3. The molecule has 0 bridgehead atoms. The van der Waals surface area contributed by atoms with Crippen molar-refractivity contribution >= 4 is 17.6 Å². The van der Waals surface area contributed by atoms with Gasteiger partial charge in [0.25, 0.3) is 5.91 Å². The van der Waals surface area contributed by atoms with Crippen LogP contribution in [0, 0.1) is 13.8 Å². The fraction of sp³-hybridized carbons (Fsp3) is 0.235. The zero-order valence-corrected chi connectivity index (χ0v) is 12.8. The fourth-order valence-corrected chi connectivity index (χ4v) is 2.02. The zero-order chi connectivity index (χ0) is 16.1. The number of rotatable bonds is 4. The Morgan fingerprint density at radius 3 is 2.55 bits per heavy atom. The lowest BCUT2D eigenvalue weighted by Crippen LogP contribution is -2.17. The average molecular weight is 298 g/mol. The minimum atomic E-state index is -0.538. The molecule has 0 aliphatic heterocycles. The molecule has 1 aromatic heterocycles. The lowest BCUT2D eigenvalue weighted by molar-refractivity contribution is 0.0519. The second-order valence-electron chi connectivity index (χ2n) is 4.90. The molecule has 0 atom stereocenters. The summed E-state index contributed by atoms with van der Waals surface area (Å²) in [7, 11) is 0. The highest BCUT2D eigenvalue weighted by atomic mass is 16.5. The van der Waals surface area contributed by atoms with E-state index in [2.05, 4.69) is 10.3 Å². The second-order valence-corrected chi connectivity index (χ2v) is 4.90. The maximum Gasteiger partial charge on any atom is 0.356 e. The number of pyridine rings is 1. The molecule has 0 aliphatic carbocycles. The van der Waals surface area contributed by atoms with Crippen molar-refractivity contribution in [1.29, 1.82) is 0 Å². The number of amides is 1. The van der Waals surface area contributed by atoms with Crippen molar-refractivity contribution in [3.8, 4) is 0 Å². The first-order valence-corrected chi connectivity index (χ1v) is 7.04. The van der Waals surface area contributed by atoms with Crippen LogP contribution in [0.3, 0.4) is 0 Å². The van der Waals surface area contributed by atoms with Gasteiger partial charge >= 0.3 is 5.97 Å².